The molecule has 0 saturated carbocycles. The number of hydrogen-bond acceptors (Lipinski definition) is 4. The third-order valence-electron chi connectivity index (χ3n) is 6.09. The van der Waals surface area contributed by atoms with E-state index in [9.17, 15) is 14.7 Å². The van der Waals surface area contributed by atoms with Crippen molar-refractivity contribution in [2.24, 2.45) is 0 Å². The number of carbonyl (C=O) groups is 2. The highest BCUT2D eigenvalue weighted by Crippen LogP contribution is 2.41. The number of carboxylic acids is 1. The fourth-order valence-electron chi connectivity index (χ4n) is 3.36. The van der Waals surface area contributed by atoms with Crippen molar-refractivity contribution in [1.82, 2.24) is 5.32 Å². The highest BCUT2D eigenvalue weighted by atomic mass is 28.4. The van der Waals surface area contributed by atoms with Crippen molar-refractivity contribution in [1.29, 1.82) is 0 Å². The zero-order valence-electron chi connectivity index (χ0n) is 21.6. The highest BCUT2D eigenvalue weighted by molar-refractivity contribution is 6.74. The van der Waals surface area contributed by atoms with Gasteiger partial charge in [-0.05, 0) is 62.5 Å². The molecule has 2 unspecified atom stereocenters. The highest BCUT2D eigenvalue weighted by Gasteiger charge is 2.42. The zero-order chi connectivity index (χ0) is 25.7. The number of benzene rings is 2. The summed E-state index contributed by atoms with van der Waals surface area (Å²) in [4.78, 5) is 25.0. The summed E-state index contributed by atoms with van der Waals surface area (Å²) in [5, 5.41) is 12.8. The van der Waals surface area contributed by atoms with Crippen molar-refractivity contribution in [3.05, 3.63) is 71.3 Å². The second-order valence-electron chi connectivity index (χ2n) is 11.1. The van der Waals surface area contributed by atoms with Crippen molar-refractivity contribution in [3.8, 4) is 0 Å². The second-order valence-corrected chi connectivity index (χ2v) is 15.9. The molecule has 1 amide bonds. The average molecular weight is 486 g/mol. The summed E-state index contributed by atoms with van der Waals surface area (Å²) in [5.41, 5.74) is 1.03. The molecule has 2 rings (SSSR count). The first kappa shape index (κ1) is 27.6. The van der Waals surface area contributed by atoms with E-state index >= 15 is 0 Å². The Hall–Kier alpha value is -2.64. The Morgan fingerprint density at radius 3 is 2.03 bits per heavy atom. The molecule has 0 radical (unpaired) electrons. The Kier molecular flexibility index (Phi) is 8.72. The lowest BCUT2D eigenvalue weighted by molar-refractivity contribution is 0.0431. The van der Waals surface area contributed by atoms with Crippen LogP contribution in [0.4, 0.5) is 4.79 Å². The lowest BCUT2D eigenvalue weighted by Gasteiger charge is -2.42. The standard InChI is InChI=1S/C27H39NO5Si/c1-26(2,3)32-25(31)28-22(18-19-14-10-9-11-15-19)23(33-34(7,8)27(4,5)6)20-16-12-13-17-21(20)24(29)30/h9-17,22-23H,18H2,1-8H3,(H,28,31)(H,29,30). The molecule has 34 heavy (non-hydrogen) atoms. The maximum Gasteiger partial charge on any atom is 0.407 e. The van der Waals surface area contributed by atoms with Crippen molar-refractivity contribution >= 4 is 20.4 Å². The summed E-state index contributed by atoms with van der Waals surface area (Å²) in [5.74, 6) is -1.03. The quantitative estimate of drug-likeness (QED) is 0.412. The van der Waals surface area contributed by atoms with Gasteiger partial charge < -0.3 is 19.6 Å². The second kappa shape index (κ2) is 10.7. The van der Waals surface area contributed by atoms with Crippen LogP contribution < -0.4 is 5.32 Å². The number of carboxylic acid groups (broad SMARTS) is 1. The predicted octanol–water partition coefficient (Wildman–Crippen LogP) is 6.58. The van der Waals surface area contributed by atoms with Gasteiger partial charge >= 0.3 is 12.1 Å². The van der Waals surface area contributed by atoms with E-state index in [-0.39, 0.29) is 10.6 Å². The number of aromatic carboxylic acids is 1. The summed E-state index contributed by atoms with van der Waals surface area (Å²) in [6.07, 6.45) is -0.793. The number of amides is 1. The molecule has 0 saturated heterocycles. The minimum atomic E-state index is -2.37. The minimum Gasteiger partial charge on any atom is -0.478 e. The predicted molar refractivity (Wildman–Crippen MR) is 138 cm³/mol. The van der Waals surface area contributed by atoms with Gasteiger partial charge in [0.1, 0.15) is 5.60 Å². The minimum absolute atomic E-state index is 0.118. The maximum atomic E-state index is 12.9. The summed E-state index contributed by atoms with van der Waals surface area (Å²) < 4.78 is 12.4. The third-order valence-corrected chi connectivity index (χ3v) is 10.5. The molecule has 0 spiro atoms. The maximum absolute atomic E-state index is 12.9. The van der Waals surface area contributed by atoms with Crippen LogP contribution in [-0.4, -0.2) is 37.1 Å². The van der Waals surface area contributed by atoms with Gasteiger partial charge in [-0.1, -0.05) is 69.3 Å². The van der Waals surface area contributed by atoms with Crippen LogP contribution >= 0.6 is 0 Å². The van der Waals surface area contributed by atoms with Gasteiger partial charge in [-0.15, -0.1) is 0 Å². The number of alkyl carbamates (subject to hydrolysis) is 1. The Balaban J connectivity index is 2.61. The lowest BCUT2D eigenvalue weighted by atomic mass is 9.93. The van der Waals surface area contributed by atoms with Crippen molar-refractivity contribution in [2.75, 3.05) is 0 Å². The van der Waals surface area contributed by atoms with Crippen LogP contribution in [0.5, 0.6) is 0 Å². The molecule has 6 nitrogen and oxygen atoms in total. The average Bonchev–Trinajstić information content (AvgIpc) is 2.70. The number of rotatable bonds is 8. The molecule has 0 aliphatic heterocycles. The number of nitrogens with one attached hydrogen (secondary N) is 1. The van der Waals surface area contributed by atoms with Crippen molar-refractivity contribution < 1.29 is 23.9 Å². The normalized spacial score (nSPS) is 14.2. The number of hydrogen-bond donors (Lipinski definition) is 2. The van der Waals surface area contributed by atoms with Gasteiger partial charge in [0.15, 0.2) is 8.32 Å². The van der Waals surface area contributed by atoms with Crippen LogP contribution in [0, 0.1) is 0 Å². The smallest absolute Gasteiger partial charge is 0.407 e. The monoisotopic (exact) mass is 485 g/mol. The lowest BCUT2D eigenvalue weighted by Crippen LogP contribution is -2.49. The Morgan fingerprint density at radius 1 is 0.941 bits per heavy atom. The molecule has 186 valence electrons. The van der Waals surface area contributed by atoms with Gasteiger partial charge in [0.25, 0.3) is 0 Å². The van der Waals surface area contributed by atoms with Crippen LogP contribution in [0.2, 0.25) is 18.1 Å². The van der Waals surface area contributed by atoms with E-state index in [1.807, 2.05) is 51.1 Å². The molecule has 7 heteroatoms. The van der Waals surface area contributed by atoms with Crippen LogP contribution in [0.15, 0.2) is 54.6 Å². The topological polar surface area (TPSA) is 84.9 Å². The fourth-order valence-corrected chi connectivity index (χ4v) is 4.64. The Morgan fingerprint density at radius 2 is 1.50 bits per heavy atom. The first-order valence-electron chi connectivity index (χ1n) is 11.6. The van der Waals surface area contributed by atoms with Gasteiger partial charge in [-0.2, -0.15) is 0 Å². The molecule has 2 aromatic rings. The first-order valence-corrected chi connectivity index (χ1v) is 14.5. The summed E-state index contributed by atoms with van der Waals surface area (Å²) in [7, 11) is -2.37. The van der Waals surface area contributed by atoms with E-state index in [1.165, 1.54) is 0 Å². The molecule has 2 aromatic carbocycles. The molecule has 0 heterocycles. The van der Waals surface area contributed by atoms with E-state index in [0.717, 1.165) is 5.56 Å². The summed E-state index contributed by atoms with van der Waals surface area (Å²) >= 11 is 0. The molecule has 0 fully saturated rings. The van der Waals surface area contributed by atoms with E-state index in [1.54, 1.807) is 24.3 Å². The Labute approximate surface area is 204 Å². The van der Waals surface area contributed by atoms with Crippen LogP contribution in [0.25, 0.3) is 0 Å². The van der Waals surface area contributed by atoms with Gasteiger partial charge in [0, 0.05) is 0 Å². The largest absolute Gasteiger partial charge is 0.478 e. The number of ether oxygens (including phenoxy) is 1. The van der Waals surface area contributed by atoms with Gasteiger partial charge in [-0.3, -0.25) is 0 Å². The molecular weight excluding hydrogens is 446 g/mol. The van der Waals surface area contributed by atoms with Crippen LogP contribution in [0.3, 0.4) is 0 Å². The summed E-state index contributed by atoms with van der Waals surface area (Å²) in [6, 6.07) is 16.1. The van der Waals surface area contributed by atoms with Gasteiger partial charge in [0.2, 0.25) is 0 Å². The van der Waals surface area contributed by atoms with E-state index in [4.69, 9.17) is 9.16 Å². The van der Waals surface area contributed by atoms with Gasteiger partial charge in [0.05, 0.1) is 17.7 Å². The van der Waals surface area contributed by atoms with Gasteiger partial charge in [-0.25, -0.2) is 9.59 Å². The number of carbonyl (C=O) groups excluding carboxylic acids is 1. The molecule has 2 N–H and O–H groups in total. The Bertz CT molecular complexity index is 977. The van der Waals surface area contributed by atoms with E-state index in [2.05, 4.69) is 39.2 Å². The zero-order valence-corrected chi connectivity index (χ0v) is 22.6. The van der Waals surface area contributed by atoms with Crippen molar-refractivity contribution in [3.63, 3.8) is 0 Å². The molecule has 0 bridgehead atoms. The third kappa shape index (κ3) is 7.70. The van der Waals surface area contributed by atoms with E-state index < -0.39 is 38.1 Å². The van der Waals surface area contributed by atoms with E-state index in [0.29, 0.717) is 12.0 Å². The van der Waals surface area contributed by atoms with Crippen molar-refractivity contribution in [2.45, 2.75) is 83.8 Å². The SMILES string of the molecule is CC(C)(C)OC(=O)NC(Cc1ccccc1)C(O[Si](C)(C)C(C)(C)C)c1ccccc1C(=O)O. The molecule has 0 aliphatic carbocycles. The molecule has 0 aromatic heterocycles. The molecular formula is C27H39NO5Si. The summed E-state index contributed by atoms with van der Waals surface area (Å²) in [6.45, 7) is 16.1. The van der Waals surface area contributed by atoms with Crippen LogP contribution in [0.1, 0.15) is 69.1 Å². The molecule has 0 aliphatic rings. The first-order chi connectivity index (χ1) is 15.6. The van der Waals surface area contributed by atoms with Crippen LogP contribution in [-0.2, 0) is 15.6 Å². The fraction of sp³-hybridized carbons (Fsp3) is 0.481. The molecule has 2 atom stereocenters.